The molecule has 7 nitrogen and oxygen atoms in total. The molecule has 2 aliphatic heterocycles. The summed E-state index contributed by atoms with van der Waals surface area (Å²) in [6.45, 7) is 4.34. The largest absolute Gasteiger partial charge is 0.508 e. The van der Waals surface area contributed by atoms with Crippen LogP contribution in [-0.2, 0) is 11.3 Å². The molecule has 5 rings (SSSR count). The van der Waals surface area contributed by atoms with E-state index in [4.69, 9.17) is 9.15 Å². The van der Waals surface area contributed by atoms with Gasteiger partial charge in [-0.15, -0.1) is 0 Å². The molecule has 1 aromatic heterocycles. The molecule has 0 spiro atoms. The van der Waals surface area contributed by atoms with Crippen LogP contribution in [0.5, 0.6) is 11.5 Å². The van der Waals surface area contributed by atoms with Gasteiger partial charge in [-0.1, -0.05) is 18.2 Å². The summed E-state index contributed by atoms with van der Waals surface area (Å²) in [6, 6.07) is 14.5. The molecule has 0 bridgehead atoms. The predicted octanol–water partition coefficient (Wildman–Crippen LogP) is 3.53. The molecule has 4 atom stereocenters. The number of likely N-dealkylation sites (tertiary alicyclic amines) is 1. The van der Waals surface area contributed by atoms with Crippen molar-refractivity contribution < 1.29 is 19.1 Å². The molecule has 2 aliphatic rings. The maximum absolute atomic E-state index is 13.5. The third-order valence-corrected chi connectivity index (χ3v) is 6.60. The summed E-state index contributed by atoms with van der Waals surface area (Å²) in [5, 5.41) is 10.8. The summed E-state index contributed by atoms with van der Waals surface area (Å²) in [4.78, 5) is 15.4. The number of phenols is 1. The van der Waals surface area contributed by atoms with E-state index in [0.29, 0.717) is 6.54 Å². The molecule has 3 N–H and O–H groups in total. The van der Waals surface area contributed by atoms with Gasteiger partial charge in [0.25, 0.3) is 0 Å². The molecule has 32 heavy (non-hydrogen) atoms. The molecular formula is C25H27N3O4. The number of carbonyl (C=O) groups is 1. The van der Waals surface area contributed by atoms with Crippen LogP contribution in [0.15, 0.2) is 59.2 Å². The van der Waals surface area contributed by atoms with Crippen molar-refractivity contribution in [3.63, 3.8) is 0 Å². The zero-order chi connectivity index (χ0) is 22.4. The quantitative estimate of drug-likeness (QED) is 0.571. The standard InChI is InChI=1S/C25H27N3O4/c1-14-11-15(2)20(19(29)12-14)22-21-23(27-26-22)25(30)28(13-18-5-4-10-32-18)24(21)16-6-8-17(31-3)9-7-16/h4-12,21-24,26-27,29H,13H2,1-3H3. The van der Waals surface area contributed by atoms with Crippen molar-refractivity contribution in [3.8, 4) is 11.5 Å². The van der Waals surface area contributed by atoms with Crippen LogP contribution in [0.25, 0.3) is 0 Å². The van der Waals surface area contributed by atoms with Gasteiger partial charge in [-0.2, -0.15) is 0 Å². The molecule has 0 saturated carbocycles. The van der Waals surface area contributed by atoms with E-state index >= 15 is 0 Å². The fraction of sp³-hybridized carbons (Fsp3) is 0.320. The molecule has 4 unspecified atom stereocenters. The first-order chi connectivity index (χ1) is 15.5. The number of nitrogens with zero attached hydrogens (tertiary/aromatic N) is 1. The number of hydrogen-bond donors (Lipinski definition) is 3. The lowest BCUT2D eigenvalue weighted by molar-refractivity contribution is -0.131. The number of aromatic hydroxyl groups is 1. The Morgan fingerprint density at radius 2 is 1.84 bits per heavy atom. The molecule has 2 fully saturated rings. The van der Waals surface area contributed by atoms with Crippen molar-refractivity contribution in [3.05, 3.63) is 82.8 Å². The SMILES string of the molecule is COc1ccc(C2C3C(NNC3c3c(C)cc(C)cc3O)C(=O)N2Cc2ccco2)cc1. The third-order valence-electron chi connectivity index (χ3n) is 6.60. The Morgan fingerprint density at radius 3 is 2.50 bits per heavy atom. The van der Waals surface area contributed by atoms with Gasteiger partial charge < -0.3 is 19.2 Å². The van der Waals surface area contributed by atoms with Crippen LogP contribution in [0.4, 0.5) is 0 Å². The van der Waals surface area contributed by atoms with Gasteiger partial charge in [0.1, 0.15) is 23.3 Å². The van der Waals surface area contributed by atoms with Crippen LogP contribution in [0.1, 0.15) is 40.1 Å². The van der Waals surface area contributed by atoms with Crippen LogP contribution in [0, 0.1) is 19.8 Å². The Kier molecular flexibility index (Phi) is 5.15. The lowest BCUT2D eigenvalue weighted by Crippen LogP contribution is -2.41. The number of methoxy groups -OCH3 is 1. The number of hydrogen-bond acceptors (Lipinski definition) is 6. The summed E-state index contributed by atoms with van der Waals surface area (Å²) in [6.07, 6.45) is 1.62. The Morgan fingerprint density at radius 1 is 1.09 bits per heavy atom. The minimum atomic E-state index is -0.415. The van der Waals surface area contributed by atoms with Crippen LogP contribution in [0.2, 0.25) is 0 Å². The number of phenolic OH excluding ortho intramolecular Hbond substituents is 1. The van der Waals surface area contributed by atoms with Gasteiger partial charge in [-0.3, -0.25) is 4.79 Å². The number of furan rings is 1. The first-order valence-corrected chi connectivity index (χ1v) is 10.8. The molecule has 3 aromatic rings. The van der Waals surface area contributed by atoms with Gasteiger partial charge in [0.15, 0.2) is 0 Å². The van der Waals surface area contributed by atoms with Gasteiger partial charge in [0.05, 0.1) is 32.0 Å². The van der Waals surface area contributed by atoms with E-state index in [1.807, 2.05) is 55.1 Å². The molecule has 1 amide bonds. The van der Waals surface area contributed by atoms with E-state index in [2.05, 4.69) is 16.9 Å². The maximum atomic E-state index is 13.5. The number of fused-ring (bicyclic) bond motifs is 1. The maximum Gasteiger partial charge on any atom is 0.242 e. The normalized spacial score (nSPS) is 24.7. The minimum Gasteiger partial charge on any atom is -0.508 e. The molecule has 2 aromatic carbocycles. The number of ether oxygens (including phenoxy) is 1. The highest BCUT2D eigenvalue weighted by Gasteiger charge is 2.56. The van der Waals surface area contributed by atoms with Gasteiger partial charge in [-0.25, -0.2) is 10.9 Å². The van der Waals surface area contributed by atoms with Crippen LogP contribution in [0.3, 0.4) is 0 Å². The summed E-state index contributed by atoms with van der Waals surface area (Å²) >= 11 is 0. The first kappa shape index (κ1) is 20.6. The fourth-order valence-corrected chi connectivity index (χ4v) is 5.25. The number of aryl methyl sites for hydroxylation is 2. The molecule has 0 radical (unpaired) electrons. The third kappa shape index (κ3) is 3.34. The highest BCUT2D eigenvalue weighted by atomic mass is 16.5. The topological polar surface area (TPSA) is 87.0 Å². The number of nitrogens with one attached hydrogen (secondary N) is 2. The number of benzene rings is 2. The minimum absolute atomic E-state index is 0.00599. The second-order valence-electron chi connectivity index (χ2n) is 8.60. The summed E-state index contributed by atoms with van der Waals surface area (Å²) in [5.74, 6) is 1.62. The lowest BCUT2D eigenvalue weighted by atomic mass is 9.81. The van der Waals surface area contributed by atoms with E-state index in [1.165, 1.54) is 0 Å². The van der Waals surface area contributed by atoms with E-state index in [9.17, 15) is 9.90 Å². The van der Waals surface area contributed by atoms with Crippen LogP contribution >= 0.6 is 0 Å². The van der Waals surface area contributed by atoms with Crippen molar-refractivity contribution in [1.82, 2.24) is 15.8 Å². The summed E-state index contributed by atoms with van der Waals surface area (Å²) in [7, 11) is 1.64. The Balaban J connectivity index is 1.59. The molecule has 166 valence electrons. The molecule has 0 aliphatic carbocycles. The smallest absolute Gasteiger partial charge is 0.242 e. The van der Waals surface area contributed by atoms with Crippen molar-refractivity contribution >= 4 is 5.91 Å². The second-order valence-corrected chi connectivity index (χ2v) is 8.60. The highest BCUT2D eigenvalue weighted by Crippen LogP contribution is 2.50. The number of rotatable bonds is 5. The molecule has 2 saturated heterocycles. The molecular weight excluding hydrogens is 406 g/mol. The van der Waals surface area contributed by atoms with E-state index in [-0.39, 0.29) is 29.7 Å². The average Bonchev–Trinajstić information content (AvgIpc) is 3.48. The number of carbonyl (C=O) groups excluding carboxylic acids is 1. The van der Waals surface area contributed by atoms with Crippen molar-refractivity contribution in [2.24, 2.45) is 5.92 Å². The van der Waals surface area contributed by atoms with E-state index < -0.39 is 6.04 Å². The monoisotopic (exact) mass is 433 g/mol. The predicted molar refractivity (Wildman–Crippen MR) is 119 cm³/mol. The Bertz CT molecular complexity index is 1100. The van der Waals surface area contributed by atoms with Gasteiger partial charge >= 0.3 is 0 Å². The fourth-order valence-electron chi connectivity index (χ4n) is 5.25. The number of hydrazine groups is 1. The van der Waals surface area contributed by atoms with E-state index in [1.54, 1.807) is 19.4 Å². The van der Waals surface area contributed by atoms with Gasteiger partial charge in [0, 0.05) is 11.5 Å². The zero-order valence-electron chi connectivity index (χ0n) is 18.3. The zero-order valence-corrected chi connectivity index (χ0v) is 18.3. The Hall–Kier alpha value is -3.29. The lowest BCUT2D eigenvalue weighted by Gasteiger charge is -2.31. The molecule has 3 heterocycles. The molecule has 7 heteroatoms. The second kappa shape index (κ2) is 8.00. The average molecular weight is 434 g/mol. The number of amides is 1. The van der Waals surface area contributed by atoms with E-state index in [0.717, 1.165) is 33.8 Å². The van der Waals surface area contributed by atoms with Crippen molar-refractivity contribution in [2.45, 2.75) is 38.5 Å². The van der Waals surface area contributed by atoms with Gasteiger partial charge in [-0.05, 0) is 60.9 Å². The van der Waals surface area contributed by atoms with Gasteiger partial charge in [0.2, 0.25) is 5.91 Å². The highest BCUT2D eigenvalue weighted by molar-refractivity contribution is 5.86. The summed E-state index contributed by atoms with van der Waals surface area (Å²) in [5.41, 5.74) is 10.3. The summed E-state index contributed by atoms with van der Waals surface area (Å²) < 4.78 is 10.9. The Labute approximate surface area is 187 Å². The first-order valence-electron chi connectivity index (χ1n) is 10.8. The van der Waals surface area contributed by atoms with Crippen molar-refractivity contribution in [1.29, 1.82) is 0 Å². The van der Waals surface area contributed by atoms with Crippen LogP contribution < -0.4 is 15.6 Å². The van der Waals surface area contributed by atoms with Crippen LogP contribution in [-0.4, -0.2) is 29.1 Å². The van der Waals surface area contributed by atoms with Crippen molar-refractivity contribution in [2.75, 3.05) is 7.11 Å².